The van der Waals surface area contributed by atoms with Crippen LogP contribution in [-0.4, -0.2) is 12.1 Å². The molecule has 3 heteroatoms. The number of methoxy groups -OCH3 is 1. The summed E-state index contributed by atoms with van der Waals surface area (Å²) in [6, 6.07) is 0. The SMILES string of the molecule is COC(C)c1nc(C(C)(C)C)cs1. The maximum absolute atomic E-state index is 5.21. The van der Waals surface area contributed by atoms with E-state index in [2.05, 4.69) is 31.1 Å². The molecule has 0 aliphatic carbocycles. The van der Waals surface area contributed by atoms with E-state index in [1.807, 2.05) is 6.92 Å². The number of hydrogen-bond donors (Lipinski definition) is 0. The van der Waals surface area contributed by atoms with Gasteiger partial charge in [-0.25, -0.2) is 4.98 Å². The van der Waals surface area contributed by atoms with Crippen molar-refractivity contribution >= 4 is 11.3 Å². The molecule has 2 nitrogen and oxygen atoms in total. The van der Waals surface area contributed by atoms with E-state index in [0.717, 1.165) is 10.7 Å². The predicted octanol–water partition coefficient (Wildman–Crippen LogP) is 3.15. The standard InChI is InChI=1S/C10H17NOS/c1-7(12-5)9-11-8(6-13-9)10(2,3)4/h6-7H,1-5H3. The van der Waals surface area contributed by atoms with Gasteiger partial charge in [-0.3, -0.25) is 0 Å². The highest BCUT2D eigenvalue weighted by Crippen LogP contribution is 2.27. The van der Waals surface area contributed by atoms with Crippen LogP contribution in [0.25, 0.3) is 0 Å². The lowest BCUT2D eigenvalue weighted by molar-refractivity contribution is 0.119. The number of thiazole rings is 1. The first-order valence-electron chi connectivity index (χ1n) is 4.44. The quantitative estimate of drug-likeness (QED) is 0.730. The van der Waals surface area contributed by atoms with Crippen molar-refractivity contribution < 1.29 is 4.74 Å². The van der Waals surface area contributed by atoms with Crippen LogP contribution in [-0.2, 0) is 10.2 Å². The number of rotatable bonds is 2. The first-order chi connectivity index (χ1) is 5.95. The molecule has 1 rings (SSSR count). The van der Waals surface area contributed by atoms with E-state index in [9.17, 15) is 0 Å². The molecule has 1 heterocycles. The molecule has 0 spiro atoms. The summed E-state index contributed by atoms with van der Waals surface area (Å²) in [4.78, 5) is 4.55. The Morgan fingerprint density at radius 2 is 2.08 bits per heavy atom. The van der Waals surface area contributed by atoms with Crippen LogP contribution in [0.4, 0.5) is 0 Å². The monoisotopic (exact) mass is 199 g/mol. The lowest BCUT2D eigenvalue weighted by Crippen LogP contribution is -2.11. The third-order valence-corrected chi connectivity index (χ3v) is 3.00. The van der Waals surface area contributed by atoms with Crippen molar-refractivity contribution in [3.63, 3.8) is 0 Å². The van der Waals surface area contributed by atoms with Crippen LogP contribution in [0.15, 0.2) is 5.38 Å². The molecule has 13 heavy (non-hydrogen) atoms. The Labute approximate surface area is 84.0 Å². The molecule has 0 amide bonds. The summed E-state index contributed by atoms with van der Waals surface area (Å²) in [6.45, 7) is 8.53. The molecule has 0 bridgehead atoms. The fourth-order valence-corrected chi connectivity index (χ4v) is 2.00. The minimum Gasteiger partial charge on any atom is -0.375 e. The molecule has 1 unspecified atom stereocenters. The summed E-state index contributed by atoms with van der Waals surface area (Å²) in [7, 11) is 1.71. The lowest BCUT2D eigenvalue weighted by Gasteiger charge is -2.14. The van der Waals surface area contributed by atoms with Crippen LogP contribution in [0.1, 0.15) is 44.5 Å². The maximum Gasteiger partial charge on any atom is 0.121 e. The molecule has 0 aromatic carbocycles. The third kappa shape index (κ3) is 2.51. The van der Waals surface area contributed by atoms with Gasteiger partial charge < -0.3 is 4.74 Å². The van der Waals surface area contributed by atoms with Gasteiger partial charge in [0.25, 0.3) is 0 Å². The normalized spacial score (nSPS) is 14.5. The Morgan fingerprint density at radius 1 is 1.46 bits per heavy atom. The Kier molecular flexibility index (Phi) is 3.09. The lowest BCUT2D eigenvalue weighted by atomic mass is 9.93. The van der Waals surface area contributed by atoms with Crippen LogP contribution in [0.2, 0.25) is 0 Å². The van der Waals surface area contributed by atoms with Crippen LogP contribution in [0, 0.1) is 0 Å². The van der Waals surface area contributed by atoms with Gasteiger partial charge in [-0.2, -0.15) is 0 Å². The molecule has 0 saturated carbocycles. The number of nitrogens with zero attached hydrogens (tertiary/aromatic N) is 1. The Balaban J connectivity index is 2.87. The van der Waals surface area contributed by atoms with Crippen LogP contribution in [0.5, 0.6) is 0 Å². The Bertz CT molecular complexity index is 275. The summed E-state index contributed by atoms with van der Waals surface area (Å²) in [5, 5.41) is 3.18. The minimum atomic E-state index is 0.112. The van der Waals surface area contributed by atoms with Crippen LogP contribution >= 0.6 is 11.3 Å². The highest BCUT2D eigenvalue weighted by molar-refractivity contribution is 7.09. The summed E-state index contributed by atoms with van der Waals surface area (Å²) in [5.74, 6) is 0. The van der Waals surface area contributed by atoms with Crippen molar-refractivity contribution in [3.8, 4) is 0 Å². The second kappa shape index (κ2) is 3.76. The molecule has 0 N–H and O–H groups in total. The van der Waals surface area contributed by atoms with E-state index in [0.29, 0.717) is 0 Å². The number of hydrogen-bond acceptors (Lipinski definition) is 3. The van der Waals surface area contributed by atoms with Gasteiger partial charge in [0.05, 0.1) is 5.69 Å². The van der Waals surface area contributed by atoms with Crippen molar-refractivity contribution in [2.75, 3.05) is 7.11 Å². The molecule has 1 aromatic rings. The predicted molar refractivity (Wildman–Crippen MR) is 56.2 cm³/mol. The molecule has 0 aliphatic heterocycles. The topological polar surface area (TPSA) is 22.1 Å². The summed E-state index contributed by atoms with van der Waals surface area (Å²) >= 11 is 1.67. The van der Waals surface area contributed by atoms with Crippen molar-refractivity contribution in [1.82, 2.24) is 4.98 Å². The van der Waals surface area contributed by atoms with Gasteiger partial charge in [-0.15, -0.1) is 11.3 Å². The summed E-state index contributed by atoms with van der Waals surface area (Å²) in [6.07, 6.45) is 0.112. The molecular weight excluding hydrogens is 182 g/mol. The first kappa shape index (κ1) is 10.7. The zero-order valence-electron chi connectivity index (χ0n) is 8.92. The van der Waals surface area contributed by atoms with E-state index < -0.39 is 0 Å². The second-order valence-corrected chi connectivity index (χ2v) is 5.09. The van der Waals surface area contributed by atoms with Gasteiger partial charge in [-0.1, -0.05) is 20.8 Å². The fourth-order valence-electron chi connectivity index (χ4n) is 0.920. The van der Waals surface area contributed by atoms with E-state index in [1.54, 1.807) is 18.4 Å². The summed E-state index contributed by atoms with van der Waals surface area (Å²) < 4.78 is 5.21. The summed E-state index contributed by atoms with van der Waals surface area (Å²) in [5.41, 5.74) is 1.29. The van der Waals surface area contributed by atoms with Crippen molar-refractivity contribution in [2.45, 2.75) is 39.2 Å². The van der Waals surface area contributed by atoms with Gasteiger partial charge in [0.2, 0.25) is 0 Å². The van der Waals surface area contributed by atoms with Crippen molar-refractivity contribution in [3.05, 3.63) is 16.1 Å². The second-order valence-electron chi connectivity index (χ2n) is 4.20. The van der Waals surface area contributed by atoms with Crippen LogP contribution < -0.4 is 0 Å². The highest BCUT2D eigenvalue weighted by atomic mass is 32.1. The fraction of sp³-hybridized carbons (Fsp3) is 0.700. The largest absolute Gasteiger partial charge is 0.375 e. The molecule has 0 aliphatic rings. The smallest absolute Gasteiger partial charge is 0.121 e. The van der Waals surface area contributed by atoms with E-state index in [4.69, 9.17) is 4.74 Å². The van der Waals surface area contributed by atoms with Crippen LogP contribution in [0.3, 0.4) is 0 Å². The minimum absolute atomic E-state index is 0.112. The molecule has 0 saturated heterocycles. The average molecular weight is 199 g/mol. The van der Waals surface area contributed by atoms with Crippen molar-refractivity contribution in [2.24, 2.45) is 0 Å². The third-order valence-electron chi connectivity index (χ3n) is 1.99. The number of aromatic nitrogens is 1. The Hall–Kier alpha value is -0.410. The average Bonchev–Trinajstić information content (AvgIpc) is 2.50. The maximum atomic E-state index is 5.21. The first-order valence-corrected chi connectivity index (χ1v) is 5.32. The zero-order chi connectivity index (χ0) is 10.1. The van der Waals surface area contributed by atoms with Gasteiger partial charge in [0.15, 0.2) is 0 Å². The van der Waals surface area contributed by atoms with Gasteiger partial charge in [0.1, 0.15) is 11.1 Å². The molecular formula is C10H17NOS. The van der Waals surface area contributed by atoms with E-state index in [-0.39, 0.29) is 11.5 Å². The van der Waals surface area contributed by atoms with Gasteiger partial charge >= 0.3 is 0 Å². The van der Waals surface area contributed by atoms with E-state index in [1.165, 1.54) is 0 Å². The molecule has 1 aromatic heterocycles. The highest BCUT2D eigenvalue weighted by Gasteiger charge is 2.19. The van der Waals surface area contributed by atoms with E-state index >= 15 is 0 Å². The Morgan fingerprint density at radius 3 is 2.46 bits per heavy atom. The van der Waals surface area contributed by atoms with Gasteiger partial charge in [-0.05, 0) is 6.92 Å². The van der Waals surface area contributed by atoms with Crippen molar-refractivity contribution in [1.29, 1.82) is 0 Å². The number of ether oxygens (including phenoxy) is 1. The van der Waals surface area contributed by atoms with Gasteiger partial charge in [0, 0.05) is 17.9 Å². The molecule has 74 valence electrons. The zero-order valence-corrected chi connectivity index (χ0v) is 9.73. The molecule has 0 fully saturated rings. The molecule has 1 atom stereocenters. The molecule has 0 radical (unpaired) electrons.